The van der Waals surface area contributed by atoms with E-state index >= 15 is 0 Å². The molecule has 150 valence electrons. The molecule has 4 rings (SSSR count). The lowest BCUT2D eigenvalue weighted by atomic mass is 10.1. The first kappa shape index (κ1) is 19.5. The molecule has 5 nitrogen and oxygen atoms in total. The topological polar surface area (TPSA) is 56.1 Å². The van der Waals surface area contributed by atoms with Gasteiger partial charge in [0.15, 0.2) is 0 Å². The summed E-state index contributed by atoms with van der Waals surface area (Å²) in [7, 11) is 2.02. The van der Waals surface area contributed by atoms with Crippen LogP contribution in [0.2, 0.25) is 0 Å². The Labute approximate surface area is 176 Å². The molecule has 1 heterocycles. The number of hydrogen-bond donors (Lipinski definition) is 1. The highest BCUT2D eigenvalue weighted by molar-refractivity contribution is 5.82. The van der Waals surface area contributed by atoms with E-state index in [-0.39, 0.29) is 0 Å². The van der Waals surface area contributed by atoms with E-state index in [1.807, 2.05) is 62.5 Å². The predicted octanol–water partition coefficient (Wildman–Crippen LogP) is 5.53. The summed E-state index contributed by atoms with van der Waals surface area (Å²) in [6, 6.07) is 27.8. The zero-order chi connectivity index (χ0) is 20.9. The standard InChI is InChI=1S/C25H23N3O2/c1-3-26-25(29)30-21-16-14-20(15-17-21)24-27-22(18-10-6-4-7-11-18)23(28(24)2)19-12-8-5-9-13-19/h4-17H,3H2,1-2H3,(H,26,29). The van der Waals surface area contributed by atoms with Crippen LogP contribution in [0.15, 0.2) is 84.9 Å². The van der Waals surface area contributed by atoms with Crippen LogP contribution in [0.5, 0.6) is 5.75 Å². The number of rotatable bonds is 5. The first-order valence-electron chi connectivity index (χ1n) is 9.91. The third-order valence-corrected chi connectivity index (χ3v) is 4.83. The molecule has 0 saturated heterocycles. The second kappa shape index (κ2) is 8.66. The number of aromatic nitrogens is 2. The monoisotopic (exact) mass is 397 g/mol. The molecule has 1 amide bonds. The van der Waals surface area contributed by atoms with Crippen molar-refractivity contribution in [1.29, 1.82) is 0 Å². The molecule has 0 aliphatic rings. The second-order valence-corrected chi connectivity index (χ2v) is 6.87. The van der Waals surface area contributed by atoms with Gasteiger partial charge in [-0.05, 0) is 31.2 Å². The minimum Gasteiger partial charge on any atom is -0.410 e. The van der Waals surface area contributed by atoms with Gasteiger partial charge in [0.1, 0.15) is 11.6 Å². The maximum Gasteiger partial charge on any atom is 0.412 e. The van der Waals surface area contributed by atoms with E-state index in [1.165, 1.54) is 0 Å². The van der Waals surface area contributed by atoms with Crippen LogP contribution in [0.3, 0.4) is 0 Å². The quantitative estimate of drug-likeness (QED) is 0.482. The van der Waals surface area contributed by atoms with Gasteiger partial charge in [-0.3, -0.25) is 0 Å². The molecule has 0 saturated carbocycles. The Balaban J connectivity index is 1.76. The largest absolute Gasteiger partial charge is 0.412 e. The molecule has 30 heavy (non-hydrogen) atoms. The van der Waals surface area contributed by atoms with Crippen molar-refractivity contribution in [3.8, 4) is 39.7 Å². The van der Waals surface area contributed by atoms with Crippen molar-refractivity contribution in [3.63, 3.8) is 0 Å². The van der Waals surface area contributed by atoms with E-state index in [1.54, 1.807) is 12.1 Å². The predicted molar refractivity (Wildman–Crippen MR) is 119 cm³/mol. The third-order valence-electron chi connectivity index (χ3n) is 4.83. The summed E-state index contributed by atoms with van der Waals surface area (Å²) in [5.74, 6) is 1.34. The third kappa shape index (κ3) is 3.96. The van der Waals surface area contributed by atoms with Crippen LogP contribution in [-0.2, 0) is 7.05 Å². The Hall–Kier alpha value is -3.86. The number of nitrogens with zero attached hydrogens (tertiary/aromatic N) is 2. The number of benzene rings is 3. The lowest BCUT2D eigenvalue weighted by Crippen LogP contribution is -2.26. The molecule has 0 aliphatic carbocycles. The molecule has 0 unspecified atom stereocenters. The van der Waals surface area contributed by atoms with Crippen molar-refractivity contribution >= 4 is 6.09 Å². The number of imidazole rings is 1. The minimum atomic E-state index is -0.458. The van der Waals surface area contributed by atoms with Crippen LogP contribution < -0.4 is 10.1 Å². The van der Waals surface area contributed by atoms with Crippen LogP contribution in [0.4, 0.5) is 4.79 Å². The summed E-state index contributed by atoms with van der Waals surface area (Å²) in [4.78, 5) is 16.6. The number of amides is 1. The van der Waals surface area contributed by atoms with E-state index in [9.17, 15) is 4.79 Å². The van der Waals surface area contributed by atoms with Gasteiger partial charge in [0, 0.05) is 30.3 Å². The fourth-order valence-electron chi connectivity index (χ4n) is 3.44. The number of carbonyl (C=O) groups is 1. The van der Waals surface area contributed by atoms with Crippen molar-refractivity contribution < 1.29 is 9.53 Å². The van der Waals surface area contributed by atoms with Gasteiger partial charge in [0.2, 0.25) is 0 Å². The van der Waals surface area contributed by atoms with Gasteiger partial charge in [-0.2, -0.15) is 0 Å². The van der Waals surface area contributed by atoms with Crippen LogP contribution >= 0.6 is 0 Å². The van der Waals surface area contributed by atoms with Crippen LogP contribution in [-0.4, -0.2) is 22.2 Å². The molecule has 1 aromatic heterocycles. The van der Waals surface area contributed by atoms with E-state index in [2.05, 4.69) is 34.1 Å². The molecule has 0 radical (unpaired) electrons. The molecule has 5 heteroatoms. The molecule has 4 aromatic rings. The number of carbonyl (C=O) groups excluding carboxylic acids is 1. The van der Waals surface area contributed by atoms with Crippen molar-refractivity contribution in [3.05, 3.63) is 84.9 Å². The smallest absolute Gasteiger partial charge is 0.410 e. The Morgan fingerprint density at radius 1 is 0.867 bits per heavy atom. The lowest BCUT2D eigenvalue weighted by molar-refractivity contribution is 0.201. The van der Waals surface area contributed by atoms with E-state index in [0.29, 0.717) is 12.3 Å². The second-order valence-electron chi connectivity index (χ2n) is 6.87. The highest BCUT2D eigenvalue weighted by Crippen LogP contribution is 2.35. The van der Waals surface area contributed by atoms with Crippen LogP contribution in [0.1, 0.15) is 6.92 Å². The van der Waals surface area contributed by atoms with E-state index in [0.717, 1.165) is 33.9 Å². The lowest BCUT2D eigenvalue weighted by Gasteiger charge is -2.09. The maximum atomic E-state index is 11.6. The SMILES string of the molecule is CCNC(=O)Oc1ccc(-c2nc(-c3ccccc3)c(-c3ccccc3)n2C)cc1. The van der Waals surface area contributed by atoms with E-state index < -0.39 is 6.09 Å². The van der Waals surface area contributed by atoms with Crippen molar-refractivity contribution in [2.45, 2.75) is 6.92 Å². The number of hydrogen-bond acceptors (Lipinski definition) is 3. The van der Waals surface area contributed by atoms with Gasteiger partial charge in [-0.15, -0.1) is 0 Å². The molecule has 3 aromatic carbocycles. The summed E-state index contributed by atoms with van der Waals surface area (Å²) >= 11 is 0. The van der Waals surface area contributed by atoms with Gasteiger partial charge < -0.3 is 14.6 Å². The molecule has 0 fully saturated rings. The Morgan fingerprint density at radius 2 is 1.47 bits per heavy atom. The summed E-state index contributed by atoms with van der Waals surface area (Å²) in [6.45, 7) is 2.37. The number of nitrogens with one attached hydrogen (secondary N) is 1. The van der Waals surface area contributed by atoms with E-state index in [4.69, 9.17) is 9.72 Å². The molecule has 0 spiro atoms. The van der Waals surface area contributed by atoms with Gasteiger partial charge in [0.05, 0.1) is 11.4 Å². The molecule has 1 N–H and O–H groups in total. The maximum absolute atomic E-state index is 11.6. The summed E-state index contributed by atoms with van der Waals surface area (Å²) in [5, 5.41) is 2.62. The van der Waals surface area contributed by atoms with Crippen LogP contribution in [0, 0.1) is 0 Å². The van der Waals surface area contributed by atoms with Gasteiger partial charge in [-0.25, -0.2) is 9.78 Å². The molecule has 0 atom stereocenters. The first-order valence-corrected chi connectivity index (χ1v) is 9.91. The molecular weight excluding hydrogens is 374 g/mol. The van der Waals surface area contributed by atoms with Gasteiger partial charge in [0.25, 0.3) is 0 Å². The zero-order valence-electron chi connectivity index (χ0n) is 17.0. The van der Waals surface area contributed by atoms with Crippen molar-refractivity contribution in [2.75, 3.05) is 6.54 Å². The zero-order valence-corrected chi connectivity index (χ0v) is 17.0. The number of ether oxygens (including phenoxy) is 1. The Bertz CT molecular complexity index is 1130. The van der Waals surface area contributed by atoms with Crippen molar-refractivity contribution in [1.82, 2.24) is 14.9 Å². The minimum absolute atomic E-state index is 0.458. The Kier molecular flexibility index (Phi) is 5.61. The normalized spacial score (nSPS) is 10.6. The average molecular weight is 397 g/mol. The summed E-state index contributed by atoms with van der Waals surface area (Å²) in [5.41, 5.74) is 5.10. The van der Waals surface area contributed by atoms with Crippen LogP contribution in [0.25, 0.3) is 33.9 Å². The molecular formula is C25H23N3O2. The van der Waals surface area contributed by atoms with Gasteiger partial charge >= 0.3 is 6.09 Å². The fraction of sp³-hybridized carbons (Fsp3) is 0.120. The first-order chi connectivity index (χ1) is 14.7. The Morgan fingerprint density at radius 3 is 2.07 bits per heavy atom. The van der Waals surface area contributed by atoms with Crippen molar-refractivity contribution in [2.24, 2.45) is 7.05 Å². The summed E-state index contributed by atoms with van der Waals surface area (Å²) in [6.07, 6.45) is -0.458. The summed E-state index contributed by atoms with van der Waals surface area (Å²) < 4.78 is 7.37. The highest BCUT2D eigenvalue weighted by atomic mass is 16.5. The molecule has 0 bridgehead atoms. The molecule has 0 aliphatic heterocycles. The van der Waals surface area contributed by atoms with Gasteiger partial charge in [-0.1, -0.05) is 60.7 Å². The average Bonchev–Trinajstić information content (AvgIpc) is 3.13. The highest BCUT2D eigenvalue weighted by Gasteiger charge is 2.19. The fourth-order valence-corrected chi connectivity index (χ4v) is 3.44.